The predicted molar refractivity (Wildman–Crippen MR) is 72.3 cm³/mol. The Morgan fingerprint density at radius 2 is 1.83 bits per heavy atom. The zero-order valence-electron chi connectivity index (χ0n) is 9.25. The van der Waals surface area contributed by atoms with Gasteiger partial charge in [-0.05, 0) is 18.2 Å². The number of carbonyl (C=O) groups is 2. The van der Waals surface area contributed by atoms with Gasteiger partial charge in [-0.25, -0.2) is 0 Å². The van der Waals surface area contributed by atoms with Crippen LogP contribution in [0.2, 0.25) is 5.02 Å². The van der Waals surface area contributed by atoms with E-state index < -0.39 is 10.7 Å². The summed E-state index contributed by atoms with van der Waals surface area (Å²) in [5, 5.41) is 5.57. The molecule has 0 radical (unpaired) electrons. The van der Waals surface area contributed by atoms with Crippen molar-refractivity contribution in [1.82, 2.24) is 10.6 Å². The van der Waals surface area contributed by atoms with E-state index in [4.69, 9.17) is 34.8 Å². The van der Waals surface area contributed by atoms with Crippen LogP contribution in [0, 0.1) is 0 Å². The number of amides is 2. The highest BCUT2D eigenvalue weighted by atomic mass is 35.5. The first-order chi connectivity index (χ1) is 8.50. The minimum Gasteiger partial charge on any atom is -0.352 e. The maximum Gasteiger partial charge on any atom is 0.253 e. The summed E-state index contributed by atoms with van der Waals surface area (Å²) in [5.74, 6) is -0.754. The second kappa shape index (κ2) is 7.46. The lowest BCUT2D eigenvalue weighted by atomic mass is 10.2. The van der Waals surface area contributed by atoms with E-state index in [0.29, 0.717) is 10.6 Å². The fourth-order valence-electron chi connectivity index (χ4n) is 1.17. The molecule has 0 aliphatic heterocycles. The quantitative estimate of drug-likeness (QED) is 0.645. The van der Waals surface area contributed by atoms with Gasteiger partial charge in [0.2, 0.25) is 0 Å². The number of benzene rings is 1. The van der Waals surface area contributed by atoms with Gasteiger partial charge in [-0.3, -0.25) is 9.59 Å². The molecule has 0 atom stereocenters. The average molecular weight is 310 g/mol. The number of hydrogen-bond donors (Lipinski definition) is 2. The van der Waals surface area contributed by atoms with Crippen LogP contribution >= 0.6 is 34.8 Å². The van der Waals surface area contributed by atoms with Crippen molar-refractivity contribution in [3.05, 3.63) is 34.9 Å². The van der Waals surface area contributed by atoms with Gasteiger partial charge in [0.15, 0.2) is 4.84 Å². The second-order valence-electron chi connectivity index (χ2n) is 3.36. The molecule has 0 aromatic heterocycles. The Morgan fingerprint density at radius 1 is 1.17 bits per heavy atom. The monoisotopic (exact) mass is 308 g/mol. The van der Waals surface area contributed by atoms with Gasteiger partial charge in [-0.1, -0.05) is 40.9 Å². The maximum atomic E-state index is 11.6. The summed E-state index contributed by atoms with van der Waals surface area (Å²) in [6.45, 7) is 0.526. The molecule has 0 unspecified atom stereocenters. The Morgan fingerprint density at radius 3 is 2.44 bits per heavy atom. The molecule has 0 saturated heterocycles. The average Bonchev–Trinajstić information content (AvgIpc) is 2.33. The molecule has 0 fully saturated rings. The van der Waals surface area contributed by atoms with E-state index in [1.165, 1.54) is 0 Å². The van der Waals surface area contributed by atoms with Crippen molar-refractivity contribution in [3.63, 3.8) is 0 Å². The third-order valence-electron chi connectivity index (χ3n) is 1.99. The molecule has 0 heterocycles. The summed E-state index contributed by atoms with van der Waals surface area (Å²) in [7, 11) is 0. The SMILES string of the molecule is O=C(NCCNC(=O)C(Cl)Cl)c1cccc(Cl)c1. The van der Waals surface area contributed by atoms with Crippen LogP contribution in [0.1, 0.15) is 10.4 Å². The van der Waals surface area contributed by atoms with Gasteiger partial charge in [-0.15, -0.1) is 0 Å². The molecular weight excluding hydrogens is 298 g/mol. The largest absolute Gasteiger partial charge is 0.352 e. The highest BCUT2D eigenvalue weighted by molar-refractivity contribution is 6.53. The van der Waals surface area contributed by atoms with Gasteiger partial charge in [0.25, 0.3) is 11.8 Å². The molecule has 2 amide bonds. The van der Waals surface area contributed by atoms with Crippen LogP contribution in [0.3, 0.4) is 0 Å². The topological polar surface area (TPSA) is 58.2 Å². The van der Waals surface area contributed by atoms with Gasteiger partial charge in [0, 0.05) is 23.7 Å². The minimum absolute atomic E-state index is 0.251. The van der Waals surface area contributed by atoms with E-state index >= 15 is 0 Å². The number of halogens is 3. The fraction of sp³-hybridized carbons (Fsp3) is 0.273. The molecule has 0 aliphatic carbocycles. The maximum absolute atomic E-state index is 11.6. The van der Waals surface area contributed by atoms with Crippen LogP contribution in [0.25, 0.3) is 0 Å². The van der Waals surface area contributed by atoms with E-state index in [1.54, 1.807) is 24.3 Å². The molecule has 1 aromatic carbocycles. The zero-order valence-corrected chi connectivity index (χ0v) is 11.5. The third kappa shape index (κ3) is 5.12. The standard InChI is InChI=1S/C11H11Cl3N2O2/c12-8-3-1-2-7(6-8)10(17)15-4-5-16-11(18)9(13)14/h1-3,6,9H,4-5H2,(H,15,17)(H,16,18). The molecule has 1 rings (SSSR count). The van der Waals surface area contributed by atoms with Crippen LogP contribution in [-0.2, 0) is 4.79 Å². The van der Waals surface area contributed by atoms with Crippen LogP contribution in [0.5, 0.6) is 0 Å². The Kier molecular flexibility index (Phi) is 6.25. The predicted octanol–water partition coefficient (Wildman–Crippen LogP) is 1.99. The van der Waals surface area contributed by atoms with Gasteiger partial charge in [0.1, 0.15) is 0 Å². The first-order valence-electron chi connectivity index (χ1n) is 5.10. The second-order valence-corrected chi connectivity index (χ2v) is 4.89. The van der Waals surface area contributed by atoms with E-state index in [1.807, 2.05) is 0 Å². The van der Waals surface area contributed by atoms with Gasteiger partial charge >= 0.3 is 0 Å². The first kappa shape index (κ1) is 15.1. The molecule has 0 bridgehead atoms. The Bertz CT molecular complexity index is 438. The lowest BCUT2D eigenvalue weighted by Crippen LogP contribution is -2.36. The summed E-state index contributed by atoms with van der Waals surface area (Å²) < 4.78 is 0. The molecule has 0 spiro atoms. The molecule has 0 saturated carbocycles. The molecular formula is C11H11Cl3N2O2. The van der Waals surface area contributed by atoms with Crippen molar-refractivity contribution in [1.29, 1.82) is 0 Å². The molecule has 0 aliphatic rings. The van der Waals surface area contributed by atoms with Crippen molar-refractivity contribution >= 4 is 46.6 Å². The lowest BCUT2D eigenvalue weighted by molar-refractivity contribution is -0.119. The minimum atomic E-state index is -1.10. The smallest absolute Gasteiger partial charge is 0.253 e. The number of carbonyl (C=O) groups excluding carboxylic acids is 2. The van der Waals surface area contributed by atoms with Crippen molar-refractivity contribution in [2.75, 3.05) is 13.1 Å². The Balaban J connectivity index is 2.32. The summed E-state index contributed by atoms with van der Waals surface area (Å²) in [4.78, 5) is 21.5. The van der Waals surface area contributed by atoms with Gasteiger partial charge in [-0.2, -0.15) is 0 Å². The van der Waals surface area contributed by atoms with Crippen LogP contribution < -0.4 is 10.6 Å². The number of hydrogen-bond acceptors (Lipinski definition) is 2. The number of alkyl halides is 2. The molecule has 98 valence electrons. The molecule has 18 heavy (non-hydrogen) atoms. The highest BCUT2D eigenvalue weighted by Crippen LogP contribution is 2.10. The van der Waals surface area contributed by atoms with Crippen molar-refractivity contribution in [2.45, 2.75) is 4.84 Å². The molecule has 1 aromatic rings. The molecule has 7 heteroatoms. The van der Waals surface area contributed by atoms with E-state index in [-0.39, 0.29) is 19.0 Å². The normalized spacial score (nSPS) is 10.2. The van der Waals surface area contributed by atoms with Crippen molar-refractivity contribution in [3.8, 4) is 0 Å². The first-order valence-corrected chi connectivity index (χ1v) is 6.35. The van der Waals surface area contributed by atoms with Crippen molar-refractivity contribution in [2.24, 2.45) is 0 Å². The summed E-state index contributed by atoms with van der Waals surface area (Å²) in [6, 6.07) is 6.57. The third-order valence-corrected chi connectivity index (χ3v) is 2.63. The van der Waals surface area contributed by atoms with Crippen LogP contribution in [0.15, 0.2) is 24.3 Å². The van der Waals surface area contributed by atoms with Crippen LogP contribution in [0.4, 0.5) is 0 Å². The molecule has 2 N–H and O–H groups in total. The number of nitrogens with one attached hydrogen (secondary N) is 2. The van der Waals surface area contributed by atoms with E-state index in [0.717, 1.165) is 0 Å². The van der Waals surface area contributed by atoms with Gasteiger partial charge in [0.05, 0.1) is 0 Å². The van der Waals surface area contributed by atoms with E-state index in [2.05, 4.69) is 10.6 Å². The lowest BCUT2D eigenvalue weighted by Gasteiger charge is -2.07. The summed E-state index contributed by atoms with van der Waals surface area (Å²) >= 11 is 16.4. The summed E-state index contributed by atoms with van der Waals surface area (Å²) in [6.07, 6.45) is 0. The fourth-order valence-corrected chi connectivity index (χ4v) is 1.52. The van der Waals surface area contributed by atoms with Gasteiger partial charge < -0.3 is 10.6 Å². The van der Waals surface area contributed by atoms with Crippen molar-refractivity contribution < 1.29 is 9.59 Å². The summed E-state index contributed by atoms with van der Waals surface area (Å²) in [5.41, 5.74) is 0.460. The zero-order chi connectivity index (χ0) is 13.5. The Labute approximate surface area is 120 Å². The number of rotatable bonds is 5. The van der Waals surface area contributed by atoms with Crippen LogP contribution in [-0.4, -0.2) is 29.7 Å². The molecule has 4 nitrogen and oxygen atoms in total. The Hall–Kier alpha value is -0.970. The van der Waals surface area contributed by atoms with E-state index in [9.17, 15) is 9.59 Å². The highest BCUT2D eigenvalue weighted by Gasteiger charge is 2.10.